The highest BCUT2D eigenvalue weighted by atomic mass is 16.5. The van der Waals surface area contributed by atoms with E-state index in [4.69, 9.17) is 4.74 Å². The fraction of sp³-hybridized carbons (Fsp3) is 0.562. The predicted molar refractivity (Wildman–Crippen MR) is 80.5 cm³/mol. The molecule has 22 heavy (non-hydrogen) atoms. The number of aromatic nitrogens is 2. The van der Waals surface area contributed by atoms with E-state index in [0.29, 0.717) is 12.1 Å². The largest absolute Gasteiger partial charge is 0.464 e. The predicted octanol–water partition coefficient (Wildman–Crippen LogP) is 1.50. The van der Waals surface area contributed by atoms with Gasteiger partial charge in [0.2, 0.25) is 5.91 Å². The molecule has 0 aromatic carbocycles. The molecule has 6 nitrogen and oxygen atoms in total. The molecule has 1 saturated heterocycles. The van der Waals surface area contributed by atoms with Gasteiger partial charge in [0.05, 0.1) is 24.8 Å². The normalized spacial score (nSPS) is 23.9. The van der Waals surface area contributed by atoms with E-state index in [2.05, 4.69) is 5.10 Å². The second-order valence-corrected chi connectivity index (χ2v) is 6.36. The van der Waals surface area contributed by atoms with Crippen LogP contribution in [-0.4, -0.2) is 39.7 Å². The Balaban J connectivity index is 2.05. The Morgan fingerprint density at radius 2 is 2.14 bits per heavy atom. The number of hydrogen-bond donors (Lipinski definition) is 0. The quantitative estimate of drug-likeness (QED) is 0.627. The summed E-state index contributed by atoms with van der Waals surface area (Å²) in [6, 6.07) is 2.00. The number of methoxy groups -OCH3 is 1. The van der Waals surface area contributed by atoms with Crippen LogP contribution in [0.4, 0.5) is 0 Å². The fourth-order valence-electron chi connectivity index (χ4n) is 3.49. The molecule has 2 atom stereocenters. The summed E-state index contributed by atoms with van der Waals surface area (Å²) in [4.78, 5) is 26.2. The summed E-state index contributed by atoms with van der Waals surface area (Å²) in [7, 11) is 3.21. The van der Waals surface area contributed by atoms with Crippen LogP contribution in [0.1, 0.15) is 31.7 Å². The van der Waals surface area contributed by atoms with Gasteiger partial charge >= 0.3 is 5.97 Å². The van der Waals surface area contributed by atoms with E-state index in [1.807, 2.05) is 33.9 Å². The van der Waals surface area contributed by atoms with Gasteiger partial charge in [0.15, 0.2) is 0 Å². The molecule has 1 aromatic rings. The number of aryl methyl sites for hydroxylation is 2. The van der Waals surface area contributed by atoms with Crippen molar-refractivity contribution in [2.75, 3.05) is 7.11 Å². The minimum Gasteiger partial charge on any atom is -0.464 e. The highest BCUT2D eigenvalue weighted by molar-refractivity contribution is 6.06. The van der Waals surface area contributed by atoms with Crippen molar-refractivity contribution in [3.63, 3.8) is 0 Å². The summed E-state index contributed by atoms with van der Waals surface area (Å²) < 4.78 is 6.67. The summed E-state index contributed by atoms with van der Waals surface area (Å²) in [6.45, 7) is 6.04. The summed E-state index contributed by atoms with van der Waals surface area (Å²) >= 11 is 0. The van der Waals surface area contributed by atoms with Crippen LogP contribution in [0.2, 0.25) is 0 Å². The second-order valence-electron chi connectivity index (χ2n) is 6.36. The number of β-lactam (4-membered cyclic amide) rings is 1. The smallest absolute Gasteiger partial charge is 0.355 e. The highest BCUT2D eigenvalue weighted by Crippen LogP contribution is 2.48. The highest BCUT2D eigenvalue weighted by Gasteiger charge is 2.56. The Bertz CT molecular complexity index is 667. The molecule has 1 amide bonds. The van der Waals surface area contributed by atoms with Gasteiger partial charge in [-0.3, -0.25) is 9.48 Å². The van der Waals surface area contributed by atoms with E-state index in [-0.39, 0.29) is 23.8 Å². The number of carbonyl (C=O) groups is 2. The number of fused-ring (bicyclic) bond motifs is 1. The molecule has 0 N–H and O–H groups in total. The lowest BCUT2D eigenvalue weighted by atomic mass is 9.78. The third-order valence-electron chi connectivity index (χ3n) is 4.73. The van der Waals surface area contributed by atoms with Crippen molar-refractivity contribution >= 4 is 17.4 Å². The molecule has 0 saturated carbocycles. The zero-order chi connectivity index (χ0) is 16.2. The zero-order valence-corrected chi connectivity index (χ0v) is 13.6. The number of amides is 1. The SMILES string of the molecule is COC(=O)C1=C(c2cc(C)n(C)n2)C[C@@H]2[C@@H](C(C)C)C(=O)N12. The lowest BCUT2D eigenvalue weighted by Crippen LogP contribution is -2.60. The van der Waals surface area contributed by atoms with Crippen molar-refractivity contribution in [1.82, 2.24) is 14.7 Å². The average Bonchev–Trinajstić information content (AvgIpc) is 2.96. The molecule has 6 heteroatoms. The zero-order valence-electron chi connectivity index (χ0n) is 13.6. The van der Waals surface area contributed by atoms with E-state index < -0.39 is 5.97 Å². The third kappa shape index (κ3) is 1.90. The molecule has 1 aromatic heterocycles. The molecule has 0 unspecified atom stereocenters. The first kappa shape index (κ1) is 14.8. The Labute approximate surface area is 129 Å². The van der Waals surface area contributed by atoms with Gasteiger partial charge in [-0.1, -0.05) is 13.8 Å². The van der Waals surface area contributed by atoms with Crippen LogP contribution in [-0.2, 0) is 21.4 Å². The van der Waals surface area contributed by atoms with Gasteiger partial charge < -0.3 is 9.64 Å². The first-order valence-corrected chi connectivity index (χ1v) is 7.52. The van der Waals surface area contributed by atoms with Crippen LogP contribution >= 0.6 is 0 Å². The summed E-state index contributed by atoms with van der Waals surface area (Å²) in [5.41, 5.74) is 2.95. The van der Waals surface area contributed by atoms with Crippen LogP contribution in [0.15, 0.2) is 11.8 Å². The molecule has 0 bridgehead atoms. The van der Waals surface area contributed by atoms with Crippen LogP contribution < -0.4 is 0 Å². The number of hydrogen-bond acceptors (Lipinski definition) is 4. The van der Waals surface area contributed by atoms with Crippen molar-refractivity contribution < 1.29 is 14.3 Å². The molecule has 0 radical (unpaired) electrons. The number of rotatable bonds is 3. The van der Waals surface area contributed by atoms with Crippen LogP contribution in [0, 0.1) is 18.8 Å². The van der Waals surface area contributed by atoms with E-state index in [1.54, 1.807) is 9.58 Å². The van der Waals surface area contributed by atoms with Crippen molar-refractivity contribution in [3.8, 4) is 0 Å². The average molecular weight is 303 g/mol. The Kier molecular flexibility index (Phi) is 3.34. The molecule has 118 valence electrons. The minimum atomic E-state index is -0.462. The van der Waals surface area contributed by atoms with Crippen molar-refractivity contribution in [2.24, 2.45) is 18.9 Å². The first-order chi connectivity index (χ1) is 10.4. The lowest BCUT2D eigenvalue weighted by molar-refractivity contribution is -0.158. The molecule has 2 aliphatic rings. The fourth-order valence-corrected chi connectivity index (χ4v) is 3.49. The van der Waals surface area contributed by atoms with Crippen molar-refractivity contribution in [3.05, 3.63) is 23.2 Å². The van der Waals surface area contributed by atoms with E-state index in [0.717, 1.165) is 17.0 Å². The summed E-state index contributed by atoms with van der Waals surface area (Å²) in [5, 5.41) is 4.46. The molecule has 2 aliphatic heterocycles. The van der Waals surface area contributed by atoms with Crippen LogP contribution in [0.3, 0.4) is 0 Å². The van der Waals surface area contributed by atoms with Crippen LogP contribution in [0.5, 0.6) is 0 Å². The molecular formula is C16H21N3O3. The summed E-state index contributed by atoms with van der Waals surface area (Å²) in [6.07, 6.45) is 0.662. The Hall–Kier alpha value is -2.11. The second kappa shape index (κ2) is 4.97. The van der Waals surface area contributed by atoms with Gasteiger partial charge in [0.1, 0.15) is 5.70 Å². The third-order valence-corrected chi connectivity index (χ3v) is 4.73. The van der Waals surface area contributed by atoms with E-state index >= 15 is 0 Å². The number of ether oxygens (including phenoxy) is 1. The van der Waals surface area contributed by atoms with Crippen molar-refractivity contribution in [2.45, 2.75) is 33.2 Å². The Morgan fingerprint density at radius 3 is 2.64 bits per heavy atom. The maximum atomic E-state index is 12.4. The standard InChI is InChI=1S/C16H21N3O3/c1-8(2)13-12-7-10(11-6-9(3)18(4)17-11)14(16(21)22-5)19(12)15(13)20/h6,8,12-13H,7H2,1-5H3/t12-,13-/m1/s1. The molecule has 0 spiro atoms. The molecule has 1 fully saturated rings. The van der Waals surface area contributed by atoms with Gasteiger partial charge in [-0.2, -0.15) is 5.10 Å². The topological polar surface area (TPSA) is 64.4 Å². The maximum Gasteiger partial charge on any atom is 0.355 e. The monoisotopic (exact) mass is 303 g/mol. The van der Waals surface area contributed by atoms with Gasteiger partial charge in [-0.15, -0.1) is 0 Å². The maximum absolute atomic E-state index is 12.4. The van der Waals surface area contributed by atoms with Crippen molar-refractivity contribution in [1.29, 1.82) is 0 Å². The Morgan fingerprint density at radius 1 is 1.45 bits per heavy atom. The molecule has 3 heterocycles. The number of carbonyl (C=O) groups excluding carboxylic acids is 2. The molecule has 3 rings (SSSR count). The molecular weight excluding hydrogens is 282 g/mol. The first-order valence-electron chi connectivity index (χ1n) is 7.52. The minimum absolute atomic E-state index is 0.0167. The lowest BCUT2D eigenvalue weighted by Gasteiger charge is -2.45. The van der Waals surface area contributed by atoms with Gasteiger partial charge in [0, 0.05) is 18.3 Å². The van der Waals surface area contributed by atoms with E-state index in [9.17, 15) is 9.59 Å². The van der Waals surface area contributed by atoms with Gasteiger partial charge in [-0.25, -0.2) is 4.79 Å². The number of nitrogens with zero attached hydrogens (tertiary/aromatic N) is 3. The number of esters is 1. The summed E-state index contributed by atoms with van der Waals surface area (Å²) in [5.74, 6) is -0.209. The van der Waals surface area contributed by atoms with Crippen LogP contribution in [0.25, 0.3) is 5.57 Å². The molecule has 0 aliphatic carbocycles. The van der Waals surface area contributed by atoms with E-state index in [1.165, 1.54) is 7.11 Å². The van der Waals surface area contributed by atoms with Gasteiger partial charge in [-0.05, 0) is 25.3 Å². The van der Waals surface area contributed by atoms with Gasteiger partial charge in [0.25, 0.3) is 0 Å².